The van der Waals surface area contributed by atoms with Crippen molar-refractivity contribution in [2.75, 3.05) is 29.5 Å². The number of nitrogens with one attached hydrogen (secondary N) is 1. The third-order valence-corrected chi connectivity index (χ3v) is 6.27. The van der Waals surface area contributed by atoms with Gasteiger partial charge in [0.2, 0.25) is 0 Å². The molecule has 1 amide bonds. The van der Waals surface area contributed by atoms with Crippen LogP contribution in [0.25, 0.3) is 6.08 Å². The minimum Gasteiger partial charge on any atom is -0.441 e. The van der Waals surface area contributed by atoms with Gasteiger partial charge in [0.05, 0.1) is 11.5 Å². The lowest BCUT2D eigenvalue weighted by Gasteiger charge is -2.25. The van der Waals surface area contributed by atoms with Crippen LogP contribution in [0.4, 0.5) is 5.88 Å². The summed E-state index contributed by atoms with van der Waals surface area (Å²) in [4.78, 5) is 14.4. The number of anilines is 1. The Morgan fingerprint density at radius 2 is 2.08 bits per heavy atom. The van der Waals surface area contributed by atoms with E-state index in [0.29, 0.717) is 12.2 Å². The predicted molar refractivity (Wildman–Crippen MR) is 93.6 cm³/mol. The molecular weight excluding hydrogens is 342 g/mol. The molecule has 2 aliphatic heterocycles. The van der Waals surface area contributed by atoms with Gasteiger partial charge >= 0.3 is 0 Å². The maximum absolute atomic E-state index is 12.2. The quantitative estimate of drug-likeness (QED) is 0.642. The molecule has 1 N–H and O–H groups in total. The lowest BCUT2D eigenvalue weighted by molar-refractivity contribution is -0.117. The van der Waals surface area contributed by atoms with Gasteiger partial charge in [0.25, 0.3) is 5.91 Å². The number of hydrogen-bond donors (Lipinski definition) is 1. The van der Waals surface area contributed by atoms with E-state index < -0.39 is 21.8 Å². The first kappa shape index (κ1) is 17.5. The number of piperidine rings is 1. The largest absolute Gasteiger partial charge is 0.441 e. The highest BCUT2D eigenvalue weighted by Gasteiger charge is 2.29. The van der Waals surface area contributed by atoms with Crippen molar-refractivity contribution in [3.05, 3.63) is 23.5 Å². The highest BCUT2D eigenvalue weighted by atomic mass is 32.2. The van der Waals surface area contributed by atoms with Crippen LogP contribution in [0.3, 0.4) is 0 Å². The fraction of sp³-hybridized carbons (Fsp3) is 0.529. The molecule has 0 radical (unpaired) electrons. The molecule has 0 aromatic carbocycles. The number of carbonyl (C=O) groups is 1. The number of rotatable bonds is 4. The van der Waals surface area contributed by atoms with Crippen LogP contribution in [0.5, 0.6) is 0 Å². The molecule has 25 heavy (non-hydrogen) atoms. The van der Waals surface area contributed by atoms with Crippen molar-refractivity contribution in [3.63, 3.8) is 0 Å². The second-order valence-corrected chi connectivity index (χ2v) is 8.70. The highest BCUT2D eigenvalue weighted by molar-refractivity contribution is 7.91. The maximum Gasteiger partial charge on any atom is 0.262 e. The molecule has 8 heteroatoms. The first-order valence-corrected chi connectivity index (χ1v) is 10.3. The average molecular weight is 363 g/mol. The molecule has 1 atom stereocenters. The Morgan fingerprint density at radius 1 is 1.32 bits per heavy atom. The average Bonchev–Trinajstić information content (AvgIpc) is 3.19. The molecule has 7 nitrogen and oxygen atoms in total. The topological polar surface area (TPSA) is 103 Å². The Labute approximate surface area is 147 Å². The standard InChI is InChI=1S/C17H21N3O4S/c18-11-13(17(21)19-14-6-9-25(22,23)12-14)10-15-4-5-16(24-15)20-7-2-1-3-8-20/h4-5,10,14H,1-3,6-9,12H2,(H,19,21)/b13-10-. The van der Waals surface area contributed by atoms with Crippen LogP contribution in [0.2, 0.25) is 0 Å². The van der Waals surface area contributed by atoms with Crippen LogP contribution in [0, 0.1) is 11.3 Å². The maximum atomic E-state index is 12.2. The van der Waals surface area contributed by atoms with E-state index in [9.17, 15) is 18.5 Å². The van der Waals surface area contributed by atoms with Crippen molar-refractivity contribution in [1.29, 1.82) is 5.26 Å². The molecule has 134 valence electrons. The fourth-order valence-corrected chi connectivity index (χ4v) is 4.84. The number of carbonyl (C=O) groups excluding carboxylic acids is 1. The van der Waals surface area contributed by atoms with Crippen molar-refractivity contribution in [2.24, 2.45) is 0 Å². The second-order valence-electron chi connectivity index (χ2n) is 6.47. The molecule has 3 rings (SSSR count). The lowest BCUT2D eigenvalue weighted by atomic mass is 10.1. The summed E-state index contributed by atoms with van der Waals surface area (Å²) in [5, 5.41) is 11.9. The summed E-state index contributed by atoms with van der Waals surface area (Å²) >= 11 is 0. The Balaban J connectivity index is 1.67. The molecule has 2 saturated heterocycles. The summed E-state index contributed by atoms with van der Waals surface area (Å²) in [6.45, 7) is 1.89. The van der Waals surface area contributed by atoms with Gasteiger partial charge in [0.1, 0.15) is 17.4 Å². The van der Waals surface area contributed by atoms with Gasteiger partial charge in [0.15, 0.2) is 15.7 Å². The number of hydrogen-bond acceptors (Lipinski definition) is 6. The van der Waals surface area contributed by atoms with Gasteiger partial charge in [-0.05, 0) is 31.7 Å². The summed E-state index contributed by atoms with van der Waals surface area (Å²) in [7, 11) is -3.08. The van der Waals surface area contributed by atoms with Crippen molar-refractivity contribution in [3.8, 4) is 6.07 Å². The molecule has 2 aliphatic rings. The molecular formula is C17H21N3O4S. The molecule has 1 aromatic rings. The van der Waals surface area contributed by atoms with Crippen LogP contribution >= 0.6 is 0 Å². The normalized spacial score (nSPS) is 23.2. The summed E-state index contributed by atoms with van der Waals surface area (Å²) in [6, 6.07) is 5.00. The predicted octanol–water partition coefficient (Wildman–Crippen LogP) is 1.48. The zero-order valence-corrected chi connectivity index (χ0v) is 14.7. The summed E-state index contributed by atoms with van der Waals surface area (Å²) in [5.74, 6) is 0.607. The fourth-order valence-electron chi connectivity index (χ4n) is 3.17. The van der Waals surface area contributed by atoms with E-state index in [1.165, 1.54) is 12.5 Å². The molecule has 3 heterocycles. The molecule has 0 bridgehead atoms. The van der Waals surface area contributed by atoms with Crippen LogP contribution in [0.15, 0.2) is 22.1 Å². The lowest BCUT2D eigenvalue weighted by Crippen LogP contribution is -2.36. The van der Waals surface area contributed by atoms with E-state index in [0.717, 1.165) is 31.8 Å². The van der Waals surface area contributed by atoms with Gasteiger partial charge in [-0.15, -0.1) is 0 Å². The molecule has 0 spiro atoms. The monoisotopic (exact) mass is 363 g/mol. The van der Waals surface area contributed by atoms with E-state index in [1.807, 2.05) is 12.1 Å². The Hall–Kier alpha value is -2.27. The summed E-state index contributed by atoms with van der Waals surface area (Å²) in [5.41, 5.74) is -0.0937. The third-order valence-electron chi connectivity index (χ3n) is 4.50. The highest BCUT2D eigenvalue weighted by Crippen LogP contribution is 2.24. The number of furan rings is 1. The van der Waals surface area contributed by atoms with Crippen LogP contribution in [-0.4, -0.2) is 45.0 Å². The van der Waals surface area contributed by atoms with Crippen LogP contribution in [0.1, 0.15) is 31.4 Å². The second kappa shape index (κ2) is 7.31. The van der Waals surface area contributed by atoms with Crippen molar-refractivity contribution >= 4 is 27.7 Å². The molecule has 0 saturated carbocycles. The van der Waals surface area contributed by atoms with E-state index >= 15 is 0 Å². The number of nitriles is 1. The molecule has 1 unspecified atom stereocenters. The van der Waals surface area contributed by atoms with Crippen molar-refractivity contribution in [1.82, 2.24) is 5.32 Å². The van der Waals surface area contributed by atoms with E-state index in [1.54, 1.807) is 6.07 Å². The van der Waals surface area contributed by atoms with Gasteiger partial charge in [-0.25, -0.2) is 8.42 Å². The minimum absolute atomic E-state index is 0.0704. The van der Waals surface area contributed by atoms with Crippen molar-refractivity contribution < 1.29 is 17.6 Å². The third kappa shape index (κ3) is 4.42. The van der Waals surface area contributed by atoms with Crippen molar-refractivity contribution in [2.45, 2.75) is 31.7 Å². The molecule has 1 aromatic heterocycles. The number of sulfone groups is 1. The van der Waals surface area contributed by atoms with Gasteiger partial charge in [-0.1, -0.05) is 0 Å². The number of nitrogens with zero attached hydrogens (tertiary/aromatic N) is 2. The van der Waals surface area contributed by atoms with Crippen LogP contribution < -0.4 is 10.2 Å². The number of amides is 1. The van der Waals surface area contributed by atoms with Gasteiger partial charge in [-0.2, -0.15) is 5.26 Å². The Kier molecular flexibility index (Phi) is 5.13. The smallest absolute Gasteiger partial charge is 0.262 e. The van der Waals surface area contributed by atoms with Gasteiger partial charge < -0.3 is 14.6 Å². The minimum atomic E-state index is -3.08. The Morgan fingerprint density at radius 3 is 2.72 bits per heavy atom. The SMILES string of the molecule is N#C/C(=C/c1ccc(N2CCCCC2)o1)C(=O)NC1CCS(=O)(=O)C1. The van der Waals surface area contributed by atoms with Gasteiger partial charge in [0, 0.05) is 31.3 Å². The Bertz CT molecular complexity index is 813. The first-order valence-electron chi connectivity index (χ1n) is 8.45. The van der Waals surface area contributed by atoms with E-state index in [-0.39, 0.29) is 17.1 Å². The zero-order chi connectivity index (χ0) is 17.9. The molecule has 0 aliphatic carbocycles. The first-order chi connectivity index (χ1) is 12.0. The van der Waals surface area contributed by atoms with Gasteiger partial charge in [-0.3, -0.25) is 4.79 Å². The molecule has 2 fully saturated rings. The summed E-state index contributed by atoms with van der Waals surface area (Å²) in [6.07, 6.45) is 5.25. The van der Waals surface area contributed by atoms with Crippen LogP contribution in [-0.2, 0) is 14.6 Å². The summed E-state index contributed by atoms with van der Waals surface area (Å²) < 4.78 is 28.6. The van der Waals surface area contributed by atoms with E-state index in [4.69, 9.17) is 4.42 Å². The van der Waals surface area contributed by atoms with E-state index in [2.05, 4.69) is 10.2 Å². The zero-order valence-electron chi connectivity index (χ0n) is 13.9.